The zero-order chi connectivity index (χ0) is 18.1. The van der Waals surface area contributed by atoms with Crippen molar-refractivity contribution in [2.75, 3.05) is 11.9 Å². The number of allylic oxidation sites excluding steroid dienone is 1. The molecule has 0 unspecified atom stereocenters. The topological polar surface area (TPSA) is 95.2 Å². The van der Waals surface area contributed by atoms with E-state index in [1.165, 1.54) is 0 Å². The van der Waals surface area contributed by atoms with Crippen molar-refractivity contribution in [3.8, 4) is 0 Å². The molecule has 8 heteroatoms. The predicted molar refractivity (Wildman–Crippen MR) is 99.5 cm³/mol. The Morgan fingerprint density at radius 1 is 1.23 bits per heavy atom. The first-order valence-electron chi connectivity index (χ1n) is 8.60. The highest BCUT2D eigenvalue weighted by atomic mass is 32.2. The summed E-state index contributed by atoms with van der Waals surface area (Å²) < 4.78 is 0. The largest absolute Gasteiger partial charge is 0.345 e. The number of aromatic amines is 1. The number of hydrogen-bond acceptors (Lipinski definition) is 5. The SMILES string of the molecule is O=C(CN1C(=O)SC(=C2CCCCC2)C1=O)Nc1ccc2nc[nH]c2c1. The first kappa shape index (κ1) is 16.8. The number of nitrogens with zero attached hydrogens (tertiary/aromatic N) is 2. The second-order valence-corrected chi connectivity index (χ2v) is 7.40. The lowest BCUT2D eigenvalue weighted by atomic mass is 9.94. The minimum Gasteiger partial charge on any atom is -0.345 e. The fraction of sp³-hybridized carbons (Fsp3) is 0.333. The number of nitrogens with one attached hydrogen (secondary N) is 2. The van der Waals surface area contributed by atoms with E-state index < -0.39 is 5.91 Å². The van der Waals surface area contributed by atoms with E-state index >= 15 is 0 Å². The molecule has 26 heavy (non-hydrogen) atoms. The number of hydrogen-bond donors (Lipinski definition) is 2. The minimum atomic E-state index is -0.402. The van der Waals surface area contributed by atoms with Crippen molar-refractivity contribution in [1.29, 1.82) is 0 Å². The van der Waals surface area contributed by atoms with Gasteiger partial charge in [-0.2, -0.15) is 0 Å². The first-order valence-corrected chi connectivity index (χ1v) is 9.42. The van der Waals surface area contributed by atoms with Gasteiger partial charge in [0.1, 0.15) is 6.54 Å². The van der Waals surface area contributed by atoms with E-state index in [2.05, 4.69) is 15.3 Å². The highest BCUT2D eigenvalue weighted by Crippen LogP contribution is 2.38. The molecule has 0 atom stereocenters. The van der Waals surface area contributed by atoms with Crippen LogP contribution < -0.4 is 5.32 Å². The molecule has 134 valence electrons. The monoisotopic (exact) mass is 370 g/mol. The molecule has 1 aromatic heterocycles. The highest BCUT2D eigenvalue weighted by Gasteiger charge is 2.38. The van der Waals surface area contributed by atoms with E-state index in [4.69, 9.17) is 0 Å². The maximum Gasteiger partial charge on any atom is 0.294 e. The van der Waals surface area contributed by atoms with Gasteiger partial charge in [0, 0.05) is 5.69 Å². The van der Waals surface area contributed by atoms with Crippen LogP contribution in [0.1, 0.15) is 32.1 Å². The number of thioether (sulfide) groups is 1. The maximum absolute atomic E-state index is 12.6. The molecule has 1 saturated carbocycles. The number of anilines is 1. The van der Waals surface area contributed by atoms with Crippen LogP contribution in [-0.2, 0) is 9.59 Å². The van der Waals surface area contributed by atoms with E-state index in [0.29, 0.717) is 10.6 Å². The summed E-state index contributed by atoms with van der Waals surface area (Å²) in [6.07, 6.45) is 6.58. The van der Waals surface area contributed by atoms with Crippen LogP contribution in [-0.4, -0.2) is 38.5 Å². The van der Waals surface area contributed by atoms with Gasteiger partial charge < -0.3 is 10.3 Å². The molecule has 0 bridgehead atoms. The Morgan fingerprint density at radius 2 is 2.04 bits per heavy atom. The number of carbonyl (C=O) groups excluding carboxylic acids is 3. The van der Waals surface area contributed by atoms with E-state index in [0.717, 1.165) is 65.4 Å². The third-order valence-corrected chi connectivity index (χ3v) is 5.70. The van der Waals surface area contributed by atoms with E-state index in [1.807, 2.05) is 0 Å². The van der Waals surface area contributed by atoms with Gasteiger partial charge in [0.15, 0.2) is 0 Å². The van der Waals surface area contributed by atoms with Gasteiger partial charge in [0.2, 0.25) is 5.91 Å². The highest BCUT2D eigenvalue weighted by molar-refractivity contribution is 8.18. The van der Waals surface area contributed by atoms with Crippen LogP contribution in [0, 0.1) is 0 Å². The standard InChI is InChI=1S/C18H18N4O3S/c23-15(21-12-6-7-13-14(8-12)20-10-19-13)9-22-17(24)16(26-18(22)25)11-4-2-1-3-5-11/h6-8,10H,1-5,9H2,(H,19,20)(H,21,23). The van der Waals surface area contributed by atoms with Crippen LogP contribution >= 0.6 is 11.8 Å². The number of aromatic nitrogens is 2. The number of imide groups is 1. The van der Waals surface area contributed by atoms with Crippen molar-refractivity contribution in [2.45, 2.75) is 32.1 Å². The van der Waals surface area contributed by atoms with Crippen LogP contribution in [0.4, 0.5) is 10.5 Å². The molecule has 1 saturated heterocycles. The molecule has 1 aromatic carbocycles. The van der Waals surface area contributed by atoms with Gasteiger partial charge in [-0.05, 0) is 55.6 Å². The number of carbonyl (C=O) groups is 3. The zero-order valence-corrected chi connectivity index (χ0v) is 14.9. The van der Waals surface area contributed by atoms with Crippen molar-refractivity contribution >= 4 is 45.5 Å². The molecule has 2 aliphatic rings. The lowest BCUT2D eigenvalue weighted by Crippen LogP contribution is -2.36. The number of H-pyrrole nitrogens is 1. The summed E-state index contributed by atoms with van der Waals surface area (Å²) in [7, 11) is 0. The second-order valence-electron chi connectivity index (χ2n) is 6.44. The molecule has 2 aromatic rings. The van der Waals surface area contributed by atoms with Crippen molar-refractivity contribution in [2.24, 2.45) is 0 Å². The fourth-order valence-corrected chi connectivity index (χ4v) is 4.29. The van der Waals surface area contributed by atoms with Gasteiger partial charge in [0.05, 0.1) is 22.3 Å². The van der Waals surface area contributed by atoms with Crippen LogP contribution in [0.25, 0.3) is 11.0 Å². The van der Waals surface area contributed by atoms with Gasteiger partial charge in [-0.1, -0.05) is 12.0 Å². The van der Waals surface area contributed by atoms with Crippen molar-refractivity contribution in [3.63, 3.8) is 0 Å². The normalized spacial score (nSPS) is 18.1. The molecule has 2 fully saturated rings. The first-order chi connectivity index (χ1) is 12.6. The Kier molecular flexibility index (Phi) is 4.50. The Balaban J connectivity index is 1.45. The molecule has 0 spiro atoms. The molecular weight excluding hydrogens is 352 g/mol. The van der Waals surface area contributed by atoms with E-state index in [9.17, 15) is 14.4 Å². The predicted octanol–water partition coefficient (Wildman–Crippen LogP) is 3.42. The summed E-state index contributed by atoms with van der Waals surface area (Å²) >= 11 is 0.963. The van der Waals surface area contributed by atoms with Crippen molar-refractivity contribution in [1.82, 2.24) is 14.9 Å². The summed E-state index contributed by atoms with van der Waals surface area (Å²) in [6.45, 7) is -0.275. The summed E-state index contributed by atoms with van der Waals surface area (Å²) in [6, 6.07) is 5.28. The molecule has 0 radical (unpaired) electrons. The summed E-state index contributed by atoms with van der Waals surface area (Å²) in [5, 5.41) is 2.36. The Hall–Kier alpha value is -2.61. The fourth-order valence-electron chi connectivity index (χ4n) is 3.31. The second kappa shape index (κ2) is 6.95. The zero-order valence-electron chi connectivity index (χ0n) is 14.1. The quantitative estimate of drug-likeness (QED) is 0.807. The minimum absolute atomic E-state index is 0.275. The lowest BCUT2D eigenvalue weighted by molar-refractivity contribution is -0.127. The van der Waals surface area contributed by atoms with Gasteiger partial charge in [-0.25, -0.2) is 4.98 Å². The molecule has 7 nitrogen and oxygen atoms in total. The number of fused-ring (bicyclic) bond motifs is 1. The van der Waals surface area contributed by atoms with E-state index in [1.54, 1.807) is 24.5 Å². The molecule has 4 rings (SSSR count). The third-order valence-electron chi connectivity index (χ3n) is 4.63. The number of benzene rings is 1. The third kappa shape index (κ3) is 3.24. The van der Waals surface area contributed by atoms with Crippen LogP contribution in [0.2, 0.25) is 0 Å². The van der Waals surface area contributed by atoms with Crippen LogP contribution in [0.5, 0.6) is 0 Å². The van der Waals surface area contributed by atoms with Crippen LogP contribution in [0.3, 0.4) is 0 Å². The van der Waals surface area contributed by atoms with Crippen molar-refractivity contribution in [3.05, 3.63) is 35.0 Å². The molecule has 3 amide bonds. The van der Waals surface area contributed by atoms with E-state index in [-0.39, 0.29) is 17.7 Å². The molecule has 1 aliphatic carbocycles. The van der Waals surface area contributed by atoms with Crippen LogP contribution in [0.15, 0.2) is 35.0 Å². The molecule has 1 aliphatic heterocycles. The Morgan fingerprint density at radius 3 is 2.85 bits per heavy atom. The van der Waals surface area contributed by atoms with Gasteiger partial charge in [0.25, 0.3) is 11.1 Å². The van der Waals surface area contributed by atoms with Crippen molar-refractivity contribution < 1.29 is 14.4 Å². The van der Waals surface area contributed by atoms with Gasteiger partial charge in [-0.3, -0.25) is 19.3 Å². The number of rotatable bonds is 3. The Labute approximate surface area is 154 Å². The number of amides is 3. The molecule has 2 N–H and O–H groups in total. The molecule has 2 heterocycles. The average molecular weight is 370 g/mol. The Bertz CT molecular complexity index is 925. The summed E-state index contributed by atoms with van der Waals surface area (Å²) in [5.41, 5.74) is 3.25. The summed E-state index contributed by atoms with van der Waals surface area (Å²) in [5.74, 6) is -0.739. The average Bonchev–Trinajstić information content (AvgIpc) is 3.21. The van der Waals surface area contributed by atoms with Gasteiger partial charge in [-0.15, -0.1) is 0 Å². The lowest BCUT2D eigenvalue weighted by Gasteiger charge is -2.16. The maximum atomic E-state index is 12.6. The molecular formula is C18H18N4O3S. The number of imidazole rings is 1. The smallest absolute Gasteiger partial charge is 0.294 e. The summed E-state index contributed by atoms with van der Waals surface area (Å²) in [4.78, 5) is 45.7. The van der Waals surface area contributed by atoms with Gasteiger partial charge >= 0.3 is 0 Å².